The van der Waals surface area contributed by atoms with E-state index in [1.54, 1.807) is 5.38 Å². The number of fused-ring (bicyclic) bond motifs is 2. The molecule has 2 aromatic carbocycles. The number of carboxylic acids is 1. The van der Waals surface area contributed by atoms with Crippen LogP contribution in [0.25, 0.3) is 32.2 Å². The Morgan fingerprint density at radius 3 is 1.73 bits per heavy atom. The number of hydrogen-bond donors (Lipinski definition) is 3. The van der Waals surface area contributed by atoms with Gasteiger partial charge in [-0.3, -0.25) is 4.79 Å². The van der Waals surface area contributed by atoms with Crippen LogP contribution in [0.1, 0.15) is 52.4 Å². The number of anilines is 2. The Balaban J connectivity index is 0.000000148. The molecule has 0 spiro atoms. The largest absolute Gasteiger partial charge is 0.476 e. The highest BCUT2D eigenvalue weighted by atomic mass is 32.1. The summed E-state index contributed by atoms with van der Waals surface area (Å²) in [5, 5.41) is 16.9. The number of amides is 1. The van der Waals surface area contributed by atoms with E-state index >= 15 is 0 Å². The Morgan fingerprint density at radius 2 is 1.22 bits per heavy atom. The smallest absolute Gasteiger partial charge is 0.355 e. The van der Waals surface area contributed by atoms with Crippen LogP contribution >= 0.6 is 22.7 Å². The lowest BCUT2D eigenvalue weighted by molar-refractivity contribution is 0.0691. The third-order valence-electron chi connectivity index (χ3n) is 10.4. The van der Waals surface area contributed by atoms with Crippen molar-refractivity contribution in [1.29, 1.82) is 0 Å². The van der Waals surface area contributed by atoms with Crippen molar-refractivity contribution in [1.82, 2.24) is 34.1 Å². The number of rotatable bonds is 7. The van der Waals surface area contributed by atoms with Gasteiger partial charge in [0, 0.05) is 97.3 Å². The molecule has 2 fully saturated rings. The molecule has 4 N–H and O–H groups in total. The van der Waals surface area contributed by atoms with Gasteiger partial charge in [-0.25, -0.2) is 24.7 Å². The van der Waals surface area contributed by atoms with Crippen molar-refractivity contribution in [2.45, 2.75) is 46.2 Å². The van der Waals surface area contributed by atoms with Gasteiger partial charge in [-0.05, 0) is 62.1 Å². The summed E-state index contributed by atoms with van der Waals surface area (Å²) in [7, 11) is 0. The molecule has 0 saturated carbocycles. The van der Waals surface area contributed by atoms with Gasteiger partial charge in [0.2, 0.25) is 0 Å². The molecule has 0 aliphatic carbocycles. The van der Waals surface area contributed by atoms with Gasteiger partial charge < -0.3 is 34.8 Å². The fraction of sp³-hybridized carbons (Fsp3) is 0.244. The van der Waals surface area contributed by atoms with Crippen LogP contribution in [-0.2, 0) is 0 Å². The van der Waals surface area contributed by atoms with E-state index in [1.807, 2.05) is 104 Å². The maximum Gasteiger partial charge on any atom is 0.355 e. The Bertz CT molecular complexity index is 2720. The molecule has 1 amide bonds. The number of nitrogens with two attached hydrogens (primary N) is 1. The molecule has 6 aromatic heterocycles. The second kappa shape index (κ2) is 18.7. The number of thiazole rings is 2. The Labute approximate surface area is 356 Å². The van der Waals surface area contributed by atoms with Crippen LogP contribution in [0.5, 0.6) is 0 Å². The van der Waals surface area contributed by atoms with Crippen molar-refractivity contribution < 1.29 is 14.7 Å². The first-order chi connectivity index (χ1) is 28.7. The predicted molar refractivity (Wildman–Crippen MR) is 242 cm³/mol. The fourth-order valence-corrected chi connectivity index (χ4v) is 9.10. The molecule has 2 aliphatic rings. The van der Waals surface area contributed by atoms with Gasteiger partial charge in [-0.2, -0.15) is 0 Å². The summed E-state index contributed by atoms with van der Waals surface area (Å²) in [6.07, 6.45) is 13.6. The SMILES string of the molecule is C.Cc1ccccc1-c1nc(C(=O)N[C@H]2CCN(c3nccn4cccc34)C2)cs1.Cc1ccccc1-c1nc(C(=O)O)cs1.N[C@H]1CCN(c2nccn3cccc23)C1. The Kier molecular flexibility index (Phi) is 13.0. The van der Waals surface area contributed by atoms with E-state index in [-0.39, 0.29) is 25.1 Å². The second-order valence-corrected chi connectivity index (χ2v) is 16.2. The summed E-state index contributed by atoms with van der Waals surface area (Å²) in [4.78, 5) is 45.6. The minimum absolute atomic E-state index is 0. The van der Waals surface area contributed by atoms with Gasteiger partial charge in [0.15, 0.2) is 17.3 Å². The number of aromatic nitrogens is 6. The van der Waals surface area contributed by atoms with Crippen molar-refractivity contribution >= 4 is 57.2 Å². The minimum Gasteiger partial charge on any atom is -0.476 e. The van der Waals surface area contributed by atoms with Gasteiger partial charge in [0.1, 0.15) is 15.7 Å². The number of carboxylic acid groups (broad SMARTS) is 1. The Hall–Kier alpha value is -6.42. The molecule has 308 valence electrons. The molecule has 8 heterocycles. The van der Waals surface area contributed by atoms with Crippen molar-refractivity contribution in [2.75, 3.05) is 36.0 Å². The monoisotopic (exact) mass is 840 g/mol. The third-order valence-corrected chi connectivity index (χ3v) is 12.2. The molecule has 60 heavy (non-hydrogen) atoms. The first kappa shape index (κ1) is 41.7. The molecule has 0 radical (unpaired) electrons. The van der Waals surface area contributed by atoms with E-state index in [1.165, 1.54) is 22.7 Å². The second-order valence-electron chi connectivity index (χ2n) is 14.5. The van der Waals surface area contributed by atoms with E-state index in [0.717, 1.165) is 94.0 Å². The highest BCUT2D eigenvalue weighted by molar-refractivity contribution is 7.13. The molecule has 13 nitrogen and oxygen atoms in total. The number of carbonyl (C=O) groups is 2. The number of carbonyl (C=O) groups excluding carboxylic acids is 1. The quantitative estimate of drug-likeness (QED) is 0.143. The van der Waals surface area contributed by atoms with Crippen molar-refractivity contribution in [3.05, 3.63) is 143 Å². The van der Waals surface area contributed by atoms with E-state index in [0.29, 0.717) is 11.7 Å². The zero-order valence-electron chi connectivity index (χ0n) is 32.7. The van der Waals surface area contributed by atoms with Crippen molar-refractivity contribution in [3.8, 4) is 21.1 Å². The maximum absolute atomic E-state index is 12.7. The zero-order valence-corrected chi connectivity index (χ0v) is 34.3. The zero-order chi connectivity index (χ0) is 40.9. The van der Waals surface area contributed by atoms with Crippen LogP contribution in [0.15, 0.2) is 121 Å². The summed E-state index contributed by atoms with van der Waals surface area (Å²) in [5.41, 5.74) is 13.1. The van der Waals surface area contributed by atoms with E-state index < -0.39 is 5.97 Å². The molecule has 0 bridgehead atoms. The highest BCUT2D eigenvalue weighted by Crippen LogP contribution is 2.29. The molecule has 2 aliphatic heterocycles. The normalized spacial score (nSPS) is 15.8. The fourth-order valence-electron chi connectivity index (χ4n) is 7.33. The average Bonchev–Trinajstić information content (AvgIpc) is 4.10. The van der Waals surface area contributed by atoms with Crippen LogP contribution < -0.4 is 20.9 Å². The number of benzene rings is 2. The van der Waals surface area contributed by atoms with Gasteiger partial charge in [-0.15, -0.1) is 22.7 Å². The first-order valence-electron chi connectivity index (χ1n) is 19.4. The number of hydrogen-bond acceptors (Lipinski definition) is 11. The van der Waals surface area contributed by atoms with Gasteiger partial charge in [-0.1, -0.05) is 56.0 Å². The standard InChI is InChI=1S/C22H21N5OS.C11H14N4.C11H9NO2S.CH4/c1-15-5-2-3-6-17(15)22-25-18(14-29-22)21(28)24-16-8-11-27(13-16)20-19-7-4-10-26(19)12-9-23-20;12-9-3-6-15(8-9)11-10-2-1-5-14(10)7-4-13-11;1-7-4-2-3-5-8(7)10-12-9(6-15-10)11(13)14;/h2-7,9-10,12,14,16H,8,11,13H2,1H3,(H,24,28);1-2,4-5,7,9H,3,6,8,12H2;2-6H,1H3,(H,13,14);1H4/t16-;9-;;/m00../s1. The summed E-state index contributed by atoms with van der Waals surface area (Å²) in [6.45, 7) is 7.59. The average molecular weight is 841 g/mol. The minimum atomic E-state index is -0.980. The Morgan fingerprint density at radius 1 is 0.700 bits per heavy atom. The lowest BCUT2D eigenvalue weighted by Crippen LogP contribution is -2.37. The van der Waals surface area contributed by atoms with E-state index in [9.17, 15) is 9.59 Å². The summed E-state index contributed by atoms with van der Waals surface area (Å²) in [6, 6.07) is 24.5. The highest BCUT2D eigenvalue weighted by Gasteiger charge is 2.27. The third kappa shape index (κ3) is 9.23. The molecule has 0 unspecified atom stereocenters. The summed E-state index contributed by atoms with van der Waals surface area (Å²) < 4.78 is 4.16. The van der Waals surface area contributed by atoms with Gasteiger partial charge >= 0.3 is 5.97 Å². The number of nitrogens with one attached hydrogen (secondary N) is 1. The van der Waals surface area contributed by atoms with Crippen molar-refractivity contribution in [2.24, 2.45) is 5.73 Å². The van der Waals surface area contributed by atoms with Gasteiger partial charge in [0.25, 0.3) is 5.91 Å². The molecule has 10 rings (SSSR count). The predicted octanol–water partition coefficient (Wildman–Crippen LogP) is 8.10. The molecule has 2 saturated heterocycles. The van der Waals surface area contributed by atoms with Gasteiger partial charge in [0.05, 0.1) is 11.0 Å². The van der Waals surface area contributed by atoms with Crippen LogP contribution in [-0.4, -0.2) is 84.0 Å². The van der Waals surface area contributed by atoms with Crippen LogP contribution in [0, 0.1) is 13.8 Å². The summed E-state index contributed by atoms with van der Waals surface area (Å²) >= 11 is 2.86. The molecular weight excluding hydrogens is 793 g/mol. The van der Waals surface area contributed by atoms with E-state index in [4.69, 9.17) is 10.8 Å². The number of aryl methyl sites for hydroxylation is 2. The number of nitrogens with zero attached hydrogens (tertiary/aromatic N) is 8. The van der Waals surface area contributed by atoms with Crippen LogP contribution in [0.3, 0.4) is 0 Å². The molecular formula is C45H48N10O3S2. The van der Waals surface area contributed by atoms with Crippen molar-refractivity contribution in [3.63, 3.8) is 0 Å². The number of aromatic carboxylic acids is 1. The van der Waals surface area contributed by atoms with E-state index in [2.05, 4.69) is 69.0 Å². The molecule has 8 aromatic rings. The molecule has 2 atom stereocenters. The first-order valence-corrected chi connectivity index (χ1v) is 21.1. The van der Waals surface area contributed by atoms with Crippen LogP contribution in [0.4, 0.5) is 11.6 Å². The lowest BCUT2D eigenvalue weighted by Gasteiger charge is -2.18. The topological polar surface area (TPSA) is 159 Å². The van der Waals surface area contributed by atoms with Crippen LogP contribution in [0.2, 0.25) is 0 Å². The maximum atomic E-state index is 12.7. The summed E-state index contributed by atoms with van der Waals surface area (Å²) in [5.74, 6) is 0.924. The lowest BCUT2D eigenvalue weighted by atomic mass is 10.1. The molecule has 15 heteroatoms.